The summed E-state index contributed by atoms with van der Waals surface area (Å²) in [4.78, 5) is 12.7. The van der Waals surface area contributed by atoms with Crippen LogP contribution in [-0.4, -0.2) is 20.9 Å². The maximum Gasteiger partial charge on any atom is 0.251 e. The number of fused-ring (bicyclic) bond motifs is 2. The lowest BCUT2D eigenvalue weighted by molar-refractivity contribution is 0.0935. The van der Waals surface area contributed by atoms with Crippen LogP contribution in [0.1, 0.15) is 34.6 Å². The van der Waals surface area contributed by atoms with Crippen molar-refractivity contribution in [3.8, 4) is 0 Å². The largest absolute Gasteiger partial charge is 0.459 e. The SMILES string of the molecule is C[C@H](NC(=O)c1ccc(Cn2nnc3ccccc32)cc1)c1cc2ccccc2o1. The first kappa shape index (κ1) is 18.1. The summed E-state index contributed by atoms with van der Waals surface area (Å²) >= 11 is 0. The molecule has 0 saturated heterocycles. The van der Waals surface area contributed by atoms with E-state index >= 15 is 0 Å². The number of nitrogens with one attached hydrogen (secondary N) is 1. The van der Waals surface area contributed by atoms with E-state index in [1.165, 1.54) is 0 Å². The minimum Gasteiger partial charge on any atom is -0.459 e. The summed E-state index contributed by atoms with van der Waals surface area (Å²) in [5, 5.41) is 12.4. The number of nitrogens with zero attached hydrogens (tertiary/aromatic N) is 3. The molecule has 3 aromatic carbocycles. The van der Waals surface area contributed by atoms with Crippen molar-refractivity contribution in [1.29, 1.82) is 0 Å². The normalized spacial score (nSPS) is 12.3. The molecule has 5 aromatic rings. The summed E-state index contributed by atoms with van der Waals surface area (Å²) in [6.07, 6.45) is 0. The van der Waals surface area contributed by atoms with Gasteiger partial charge in [0.05, 0.1) is 18.1 Å². The number of hydrogen-bond donors (Lipinski definition) is 1. The van der Waals surface area contributed by atoms with Gasteiger partial charge in [-0.05, 0) is 48.9 Å². The molecule has 6 heteroatoms. The van der Waals surface area contributed by atoms with Crippen LogP contribution in [0.5, 0.6) is 0 Å². The van der Waals surface area contributed by atoms with Gasteiger partial charge >= 0.3 is 0 Å². The van der Waals surface area contributed by atoms with Gasteiger partial charge in [0.15, 0.2) is 0 Å². The highest BCUT2D eigenvalue weighted by atomic mass is 16.3. The predicted octanol–water partition coefficient (Wildman–Crippen LogP) is 4.72. The maximum absolute atomic E-state index is 12.7. The first-order valence-electron chi connectivity index (χ1n) is 9.84. The topological polar surface area (TPSA) is 73.0 Å². The van der Waals surface area contributed by atoms with E-state index in [9.17, 15) is 4.79 Å². The maximum atomic E-state index is 12.7. The summed E-state index contributed by atoms with van der Waals surface area (Å²) in [5.74, 6) is 0.597. The summed E-state index contributed by atoms with van der Waals surface area (Å²) in [6, 6.07) is 24.9. The van der Waals surface area contributed by atoms with E-state index in [0.29, 0.717) is 12.1 Å². The Morgan fingerprint density at radius 3 is 2.63 bits per heavy atom. The molecule has 2 aromatic heterocycles. The van der Waals surface area contributed by atoms with Gasteiger partial charge in [-0.15, -0.1) is 5.10 Å². The van der Waals surface area contributed by atoms with Crippen LogP contribution in [0.4, 0.5) is 0 Å². The lowest BCUT2D eigenvalue weighted by atomic mass is 10.1. The van der Waals surface area contributed by atoms with Crippen LogP contribution in [0.25, 0.3) is 22.0 Å². The molecule has 1 amide bonds. The number of aromatic nitrogens is 3. The minimum atomic E-state index is -0.230. The molecule has 0 aliphatic heterocycles. The molecule has 0 unspecified atom stereocenters. The van der Waals surface area contributed by atoms with Crippen LogP contribution in [0.15, 0.2) is 83.3 Å². The molecule has 6 nitrogen and oxygen atoms in total. The smallest absolute Gasteiger partial charge is 0.251 e. The molecule has 1 atom stereocenters. The first-order valence-corrected chi connectivity index (χ1v) is 9.84. The summed E-state index contributed by atoms with van der Waals surface area (Å²) in [7, 11) is 0. The third-order valence-electron chi connectivity index (χ3n) is 5.19. The Kier molecular flexibility index (Phi) is 4.52. The Morgan fingerprint density at radius 2 is 1.80 bits per heavy atom. The molecule has 148 valence electrons. The molecule has 5 rings (SSSR count). The number of amides is 1. The number of benzene rings is 3. The lowest BCUT2D eigenvalue weighted by Crippen LogP contribution is -2.26. The number of hydrogen-bond acceptors (Lipinski definition) is 4. The van der Waals surface area contributed by atoms with E-state index in [4.69, 9.17) is 4.42 Å². The van der Waals surface area contributed by atoms with Crippen molar-refractivity contribution < 1.29 is 9.21 Å². The van der Waals surface area contributed by atoms with Gasteiger partial charge in [-0.1, -0.05) is 47.7 Å². The van der Waals surface area contributed by atoms with E-state index in [-0.39, 0.29) is 11.9 Å². The van der Waals surface area contributed by atoms with Gasteiger partial charge < -0.3 is 9.73 Å². The molecule has 0 spiro atoms. The van der Waals surface area contributed by atoms with Gasteiger partial charge in [0.2, 0.25) is 0 Å². The third-order valence-corrected chi connectivity index (χ3v) is 5.19. The van der Waals surface area contributed by atoms with Crippen molar-refractivity contribution in [1.82, 2.24) is 20.3 Å². The molecule has 0 aliphatic rings. The van der Waals surface area contributed by atoms with Gasteiger partial charge in [0, 0.05) is 10.9 Å². The highest BCUT2D eigenvalue weighted by Gasteiger charge is 2.15. The quantitative estimate of drug-likeness (QED) is 0.467. The van der Waals surface area contributed by atoms with Crippen LogP contribution < -0.4 is 5.32 Å². The highest BCUT2D eigenvalue weighted by molar-refractivity contribution is 5.94. The second kappa shape index (κ2) is 7.48. The van der Waals surface area contributed by atoms with Crippen molar-refractivity contribution in [2.45, 2.75) is 19.5 Å². The average Bonchev–Trinajstić information content (AvgIpc) is 3.39. The fraction of sp³-hybridized carbons (Fsp3) is 0.125. The van der Waals surface area contributed by atoms with E-state index in [0.717, 1.165) is 33.3 Å². The van der Waals surface area contributed by atoms with Crippen LogP contribution in [0, 0.1) is 0 Å². The molecular weight excluding hydrogens is 376 g/mol. The molecule has 0 aliphatic carbocycles. The average molecular weight is 396 g/mol. The summed E-state index contributed by atoms with van der Waals surface area (Å²) in [5.41, 5.74) is 4.32. The third kappa shape index (κ3) is 3.43. The Morgan fingerprint density at radius 1 is 1.03 bits per heavy atom. The zero-order valence-electron chi connectivity index (χ0n) is 16.4. The van der Waals surface area contributed by atoms with Gasteiger partial charge in [0.1, 0.15) is 16.9 Å². The molecule has 0 saturated carbocycles. The van der Waals surface area contributed by atoms with Crippen molar-refractivity contribution in [3.63, 3.8) is 0 Å². The van der Waals surface area contributed by atoms with Crippen molar-refractivity contribution >= 4 is 27.9 Å². The van der Waals surface area contributed by atoms with E-state index in [1.807, 2.05) is 90.5 Å². The summed E-state index contributed by atoms with van der Waals surface area (Å²) < 4.78 is 7.70. The van der Waals surface area contributed by atoms with Crippen LogP contribution in [0.2, 0.25) is 0 Å². The molecule has 0 radical (unpaired) electrons. The van der Waals surface area contributed by atoms with Crippen molar-refractivity contribution in [2.24, 2.45) is 0 Å². The van der Waals surface area contributed by atoms with Crippen LogP contribution >= 0.6 is 0 Å². The molecule has 2 heterocycles. The van der Waals surface area contributed by atoms with Gasteiger partial charge in [-0.25, -0.2) is 4.68 Å². The zero-order chi connectivity index (χ0) is 20.5. The second-order valence-electron chi connectivity index (χ2n) is 7.31. The number of furan rings is 1. The number of rotatable bonds is 5. The molecule has 30 heavy (non-hydrogen) atoms. The standard InChI is InChI=1S/C24H20N4O2/c1-16(23-14-19-6-2-5-9-22(19)30-23)25-24(29)18-12-10-17(11-13-18)15-28-21-8-4-3-7-20(21)26-27-28/h2-14,16H,15H2,1H3,(H,25,29)/t16-/m0/s1. The number of carbonyl (C=O) groups is 1. The van der Waals surface area contributed by atoms with Crippen LogP contribution in [-0.2, 0) is 6.54 Å². The number of para-hydroxylation sites is 2. The Hall–Kier alpha value is -3.93. The van der Waals surface area contributed by atoms with Gasteiger partial charge in [-0.2, -0.15) is 0 Å². The molecule has 0 bridgehead atoms. The number of carbonyl (C=O) groups excluding carboxylic acids is 1. The van der Waals surface area contributed by atoms with Crippen molar-refractivity contribution in [3.05, 3.63) is 95.7 Å². The van der Waals surface area contributed by atoms with E-state index in [1.54, 1.807) is 0 Å². The monoisotopic (exact) mass is 396 g/mol. The van der Waals surface area contributed by atoms with Crippen LogP contribution in [0.3, 0.4) is 0 Å². The Bertz CT molecular complexity index is 1300. The first-order chi connectivity index (χ1) is 14.7. The lowest BCUT2D eigenvalue weighted by Gasteiger charge is -2.12. The fourth-order valence-electron chi connectivity index (χ4n) is 3.54. The highest BCUT2D eigenvalue weighted by Crippen LogP contribution is 2.24. The fourth-order valence-corrected chi connectivity index (χ4v) is 3.54. The van der Waals surface area contributed by atoms with E-state index < -0.39 is 0 Å². The molecule has 1 N–H and O–H groups in total. The molecule has 0 fully saturated rings. The Balaban J connectivity index is 1.28. The van der Waals surface area contributed by atoms with Crippen molar-refractivity contribution in [2.75, 3.05) is 0 Å². The Labute approximate surface area is 173 Å². The van der Waals surface area contributed by atoms with Gasteiger partial charge in [-0.3, -0.25) is 4.79 Å². The zero-order valence-corrected chi connectivity index (χ0v) is 16.4. The minimum absolute atomic E-state index is 0.138. The van der Waals surface area contributed by atoms with E-state index in [2.05, 4.69) is 15.6 Å². The second-order valence-corrected chi connectivity index (χ2v) is 7.31. The summed E-state index contributed by atoms with van der Waals surface area (Å²) in [6.45, 7) is 2.51. The molecular formula is C24H20N4O2. The van der Waals surface area contributed by atoms with Gasteiger partial charge in [0.25, 0.3) is 5.91 Å². The predicted molar refractivity (Wildman–Crippen MR) is 115 cm³/mol.